The van der Waals surface area contributed by atoms with Gasteiger partial charge in [-0.25, -0.2) is 0 Å². The molecule has 0 saturated carbocycles. The van der Waals surface area contributed by atoms with E-state index in [1.165, 1.54) is 0 Å². The minimum atomic E-state index is -0.810. The van der Waals surface area contributed by atoms with Gasteiger partial charge in [-0.3, -0.25) is 4.99 Å². The van der Waals surface area contributed by atoms with Crippen LogP contribution in [0.3, 0.4) is 0 Å². The molecule has 0 saturated heterocycles. The van der Waals surface area contributed by atoms with Crippen molar-refractivity contribution in [1.82, 2.24) is 10.2 Å². The van der Waals surface area contributed by atoms with Crippen LogP contribution in [0.1, 0.15) is 25.1 Å². The molecule has 1 unspecified atom stereocenters. The molecule has 1 heterocycles. The largest absolute Gasteiger partial charge is 0.417 e. The summed E-state index contributed by atoms with van der Waals surface area (Å²) in [5.74, 6) is 0.527. The first-order valence-corrected chi connectivity index (χ1v) is 5.67. The van der Waals surface area contributed by atoms with Crippen LogP contribution in [0.5, 0.6) is 0 Å². The Hall–Kier alpha value is -2.27. The second-order valence-corrected chi connectivity index (χ2v) is 4.29. The van der Waals surface area contributed by atoms with E-state index in [-0.39, 0.29) is 5.89 Å². The van der Waals surface area contributed by atoms with E-state index in [1.54, 1.807) is 19.1 Å². The van der Waals surface area contributed by atoms with Crippen molar-refractivity contribution in [3.63, 3.8) is 0 Å². The van der Waals surface area contributed by atoms with Gasteiger partial charge in [0.05, 0.1) is 5.54 Å². The van der Waals surface area contributed by atoms with E-state index in [0.29, 0.717) is 18.0 Å². The maximum atomic E-state index is 6.20. The Morgan fingerprint density at radius 2 is 2.16 bits per heavy atom. The van der Waals surface area contributed by atoms with Crippen molar-refractivity contribution in [3.8, 4) is 0 Å². The molecule has 0 radical (unpaired) electrons. The maximum absolute atomic E-state index is 6.20. The van der Waals surface area contributed by atoms with Crippen LogP contribution in [0, 0.1) is 0 Å². The average molecular weight is 258 g/mol. The quantitative estimate of drug-likeness (QED) is 0.602. The number of aliphatic imine (C=N–C) groups is 1. The zero-order valence-corrected chi connectivity index (χ0v) is 11.1. The van der Waals surface area contributed by atoms with Crippen molar-refractivity contribution in [3.05, 3.63) is 55.3 Å². The highest BCUT2D eigenvalue weighted by Crippen LogP contribution is 2.26. The summed E-state index contributed by atoms with van der Waals surface area (Å²) in [4.78, 5) is 3.64. The number of nitrogens with two attached hydrogens (primary N) is 1. The molecule has 19 heavy (non-hydrogen) atoms. The van der Waals surface area contributed by atoms with E-state index >= 15 is 0 Å². The zero-order chi connectivity index (χ0) is 14.5. The summed E-state index contributed by atoms with van der Waals surface area (Å²) in [7, 11) is 0. The van der Waals surface area contributed by atoms with Gasteiger partial charge < -0.3 is 10.2 Å². The summed E-state index contributed by atoms with van der Waals surface area (Å²) < 4.78 is 5.46. The monoisotopic (exact) mass is 258 g/mol. The SMILES string of the molecule is C=CC=C(C=C)CC(C)(N)c1nnc(C(=C)N=C)o1. The van der Waals surface area contributed by atoms with Gasteiger partial charge in [0.2, 0.25) is 5.89 Å². The Morgan fingerprint density at radius 1 is 1.47 bits per heavy atom. The first kappa shape index (κ1) is 14.8. The Labute approximate surface area is 112 Å². The van der Waals surface area contributed by atoms with E-state index in [4.69, 9.17) is 10.2 Å². The lowest BCUT2D eigenvalue weighted by Gasteiger charge is -2.20. The number of aromatic nitrogens is 2. The van der Waals surface area contributed by atoms with Crippen LogP contribution in [0.25, 0.3) is 5.70 Å². The van der Waals surface area contributed by atoms with Crippen molar-refractivity contribution in [2.45, 2.75) is 18.9 Å². The molecule has 2 N–H and O–H groups in total. The molecule has 1 rings (SSSR count). The second-order valence-electron chi connectivity index (χ2n) is 4.29. The van der Waals surface area contributed by atoms with E-state index in [9.17, 15) is 0 Å². The van der Waals surface area contributed by atoms with Gasteiger partial charge in [0.1, 0.15) is 5.70 Å². The van der Waals surface area contributed by atoms with Gasteiger partial charge >= 0.3 is 0 Å². The second kappa shape index (κ2) is 6.06. The predicted octanol–water partition coefficient (Wildman–Crippen LogP) is 2.60. The molecule has 0 aliphatic carbocycles. The molecule has 0 bridgehead atoms. The van der Waals surface area contributed by atoms with Crippen LogP contribution in [-0.2, 0) is 5.54 Å². The predicted molar refractivity (Wildman–Crippen MR) is 77.5 cm³/mol. The normalized spacial score (nSPS) is 14.5. The van der Waals surface area contributed by atoms with Gasteiger partial charge in [-0.1, -0.05) is 38.0 Å². The summed E-state index contributed by atoms with van der Waals surface area (Å²) in [6.07, 6.45) is 5.72. The average Bonchev–Trinajstić information content (AvgIpc) is 2.87. The molecule has 0 spiro atoms. The number of allylic oxidation sites excluding steroid dienone is 3. The van der Waals surface area contributed by atoms with Gasteiger partial charge in [-0.15, -0.1) is 10.2 Å². The number of rotatable bonds is 7. The standard InChI is InChI=1S/C14H18N4O/c1-6-8-11(7-2)9-14(4,15)13-18-17-12(19-13)10(3)16-5/h6-8H,1-3,5,9,15H2,4H3. The Kier molecular flexibility index (Phi) is 4.72. The highest BCUT2D eigenvalue weighted by atomic mass is 16.4. The van der Waals surface area contributed by atoms with Crippen molar-refractivity contribution < 1.29 is 4.42 Å². The fourth-order valence-corrected chi connectivity index (χ4v) is 1.49. The highest BCUT2D eigenvalue weighted by Gasteiger charge is 2.29. The molecule has 1 atom stereocenters. The van der Waals surface area contributed by atoms with Crippen LogP contribution in [-0.4, -0.2) is 16.9 Å². The van der Waals surface area contributed by atoms with Crippen LogP contribution in [0.15, 0.2) is 52.9 Å². The van der Waals surface area contributed by atoms with Crippen molar-refractivity contribution in [2.24, 2.45) is 10.7 Å². The fraction of sp³-hybridized carbons (Fsp3) is 0.214. The smallest absolute Gasteiger partial charge is 0.265 e. The third-order valence-corrected chi connectivity index (χ3v) is 2.52. The fourth-order valence-electron chi connectivity index (χ4n) is 1.49. The van der Waals surface area contributed by atoms with Gasteiger partial charge in [0.15, 0.2) is 0 Å². The third-order valence-electron chi connectivity index (χ3n) is 2.52. The molecular weight excluding hydrogens is 240 g/mol. The van der Waals surface area contributed by atoms with Crippen LogP contribution < -0.4 is 5.73 Å². The van der Waals surface area contributed by atoms with Crippen LogP contribution in [0.4, 0.5) is 0 Å². The number of nitrogens with zero attached hydrogens (tertiary/aromatic N) is 3. The molecule has 0 aliphatic heterocycles. The van der Waals surface area contributed by atoms with E-state index < -0.39 is 5.54 Å². The topological polar surface area (TPSA) is 77.3 Å². The highest BCUT2D eigenvalue weighted by molar-refractivity contribution is 5.58. The molecule has 5 nitrogen and oxygen atoms in total. The van der Waals surface area contributed by atoms with E-state index in [1.807, 2.05) is 6.08 Å². The Bertz CT molecular complexity index is 537. The molecule has 0 aliphatic rings. The Morgan fingerprint density at radius 3 is 2.68 bits per heavy atom. The third kappa shape index (κ3) is 3.59. The first-order valence-electron chi connectivity index (χ1n) is 5.67. The molecule has 0 fully saturated rings. The lowest BCUT2D eigenvalue weighted by molar-refractivity contribution is 0.348. The molecule has 0 amide bonds. The summed E-state index contributed by atoms with van der Waals surface area (Å²) in [5.41, 5.74) is 6.65. The van der Waals surface area contributed by atoms with Crippen LogP contribution in [0.2, 0.25) is 0 Å². The van der Waals surface area contributed by atoms with E-state index in [2.05, 4.69) is 41.6 Å². The summed E-state index contributed by atoms with van der Waals surface area (Å²) in [6.45, 7) is 16.2. The van der Waals surface area contributed by atoms with Gasteiger partial charge in [0, 0.05) is 0 Å². The van der Waals surface area contributed by atoms with Crippen molar-refractivity contribution in [1.29, 1.82) is 0 Å². The summed E-state index contributed by atoms with van der Waals surface area (Å²) in [5, 5.41) is 7.76. The molecule has 5 heteroatoms. The molecule has 1 aromatic rings. The van der Waals surface area contributed by atoms with Gasteiger partial charge in [-0.2, -0.15) is 0 Å². The lowest BCUT2D eigenvalue weighted by Crippen LogP contribution is -2.33. The van der Waals surface area contributed by atoms with Gasteiger partial charge in [0.25, 0.3) is 5.89 Å². The maximum Gasteiger partial charge on any atom is 0.265 e. The molecule has 0 aromatic carbocycles. The molecule has 100 valence electrons. The zero-order valence-electron chi connectivity index (χ0n) is 11.1. The van der Waals surface area contributed by atoms with E-state index in [0.717, 1.165) is 5.57 Å². The lowest BCUT2D eigenvalue weighted by atomic mass is 9.93. The van der Waals surface area contributed by atoms with Crippen LogP contribution >= 0.6 is 0 Å². The minimum Gasteiger partial charge on any atom is -0.417 e. The Balaban J connectivity index is 2.99. The van der Waals surface area contributed by atoms with Gasteiger partial charge in [-0.05, 0) is 25.6 Å². The number of hydrogen-bond donors (Lipinski definition) is 1. The minimum absolute atomic E-state index is 0.217. The van der Waals surface area contributed by atoms with Crippen molar-refractivity contribution >= 4 is 12.4 Å². The molecule has 1 aromatic heterocycles. The molecular formula is C14H18N4O. The first-order chi connectivity index (χ1) is 8.94. The summed E-state index contributed by atoms with van der Waals surface area (Å²) >= 11 is 0. The van der Waals surface area contributed by atoms with Crippen molar-refractivity contribution in [2.75, 3.05) is 0 Å². The summed E-state index contributed by atoms with van der Waals surface area (Å²) in [6, 6.07) is 0. The number of hydrogen-bond acceptors (Lipinski definition) is 5.